The van der Waals surface area contributed by atoms with Gasteiger partial charge in [0.1, 0.15) is 5.82 Å². The molecule has 0 fully saturated rings. The molecule has 30 heavy (non-hydrogen) atoms. The van der Waals surface area contributed by atoms with E-state index in [9.17, 15) is 14.4 Å². The summed E-state index contributed by atoms with van der Waals surface area (Å²) in [6.07, 6.45) is 3.87. The van der Waals surface area contributed by atoms with Crippen molar-refractivity contribution >= 4 is 28.4 Å². The molecule has 2 aromatic carbocycles. The molecule has 7 nitrogen and oxygen atoms in total. The molecule has 3 aromatic rings. The molecule has 1 N–H and O–H groups in total. The minimum Gasteiger partial charge on any atom is -0.345 e. The van der Waals surface area contributed by atoms with Crippen molar-refractivity contribution in [3.05, 3.63) is 69.8 Å². The number of rotatable bonds is 3. The Kier molecular flexibility index (Phi) is 5.35. The second-order valence-corrected chi connectivity index (χ2v) is 7.76. The third kappa shape index (κ3) is 3.83. The number of hydrogen-bond donors (Lipinski definition) is 1. The Balaban J connectivity index is 1.59. The minimum absolute atomic E-state index is 0.0370. The normalized spacial score (nSPS) is 13.4. The van der Waals surface area contributed by atoms with E-state index < -0.39 is 0 Å². The molecule has 7 heteroatoms. The van der Waals surface area contributed by atoms with E-state index in [4.69, 9.17) is 0 Å². The predicted octanol–water partition coefficient (Wildman–Crippen LogP) is 3.08. The fraction of sp³-hybridized carbons (Fsp3) is 0.304. The van der Waals surface area contributed by atoms with Gasteiger partial charge in [0.25, 0.3) is 17.4 Å². The average molecular weight is 404 g/mol. The van der Waals surface area contributed by atoms with Crippen molar-refractivity contribution in [3.8, 4) is 0 Å². The summed E-state index contributed by atoms with van der Waals surface area (Å²) in [5.41, 5.74) is 2.08. The highest BCUT2D eigenvalue weighted by molar-refractivity contribution is 6.06. The van der Waals surface area contributed by atoms with Crippen molar-refractivity contribution in [3.63, 3.8) is 0 Å². The fourth-order valence-corrected chi connectivity index (χ4v) is 3.72. The van der Waals surface area contributed by atoms with E-state index in [1.807, 2.05) is 0 Å². The number of hydrogen-bond acceptors (Lipinski definition) is 4. The third-order valence-electron chi connectivity index (χ3n) is 5.37. The van der Waals surface area contributed by atoms with Crippen LogP contribution >= 0.6 is 0 Å². The van der Waals surface area contributed by atoms with E-state index in [1.165, 1.54) is 4.90 Å². The summed E-state index contributed by atoms with van der Waals surface area (Å²) in [4.78, 5) is 43.7. The van der Waals surface area contributed by atoms with Crippen LogP contribution in [0, 0.1) is 0 Å². The smallest absolute Gasteiger partial charge is 0.261 e. The molecule has 2 heterocycles. The first kappa shape index (κ1) is 19.8. The molecule has 154 valence electrons. The number of aryl methyl sites for hydroxylation is 1. The van der Waals surface area contributed by atoms with Gasteiger partial charge < -0.3 is 10.2 Å². The summed E-state index contributed by atoms with van der Waals surface area (Å²) < 4.78 is 1.77. The summed E-state index contributed by atoms with van der Waals surface area (Å²) >= 11 is 0. The van der Waals surface area contributed by atoms with Crippen molar-refractivity contribution in [1.82, 2.24) is 14.5 Å². The number of carbonyl (C=O) groups excluding carboxylic acids is 2. The maximum absolute atomic E-state index is 12.8. The van der Waals surface area contributed by atoms with Crippen LogP contribution in [-0.2, 0) is 13.0 Å². The van der Waals surface area contributed by atoms with Crippen LogP contribution in [0.4, 0.5) is 5.69 Å². The third-order valence-corrected chi connectivity index (χ3v) is 5.37. The van der Waals surface area contributed by atoms with Crippen LogP contribution in [0.25, 0.3) is 10.9 Å². The van der Waals surface area contributed by atoms with Gasteiger partial charge in [-0.2, -0.15) is 0 Å². The van der Waals surface area contributed by atoms with Crippen LogP contribution < -0.4 is 10.9 Å². The van der Waals surface area contributed by atoms with E-state index in [2.05, 4.69) is 10.3 Å². The van der Waals surface area contributed by atoms with Gasteiger partial charge in [-0.3, -0.25) is 19.0 Å². The van der Waals surface area contributed by atoms with Gasteiger partial charge in [0, 0.05) is 43.9 Å². The molecule has 0 radical (unpaired) electrons. The van der Waals surface area contributed by atoms with Crippen LogP contribution in [0.2, 0.25) is 0 Å². The Hall–Kier alpha value is -3.48. The van der Waals surface area contributed by atoms with Gasteiger partial charge in [0.05, 0.1) is 10.9 Å². The van der Waals surface area contributed by atoms with Gasteiger partial charge >= 0.3 is 0 Å². The lowest BCUT2D eigenvalue weighted by molar-refractivity contribution is 0.0827. The zero-order valence-corrected chi connectivity index (χ0v) is 17.1. The Morgan fingerprint density at radius 2 is 1.73 bits per heavy atom. The molecule has 0 saturated heterocycles. The monoisotopic (exact) mass is 404 g/mol. The first-order chi connectivity index (χ1) is 14.4. The molecule has 1 aliphatic rings. The number of aromatic nitrogens is 2. The lowest BCUT2D eigenvalue weighted by Crippen LogP contribution is -2.24. The summed E-state index contributed by atoms with van der Waals surface area (Å²) in [6.45, 7) is 0.700. The molecule has 0 bridgehead atoms. The molecule has 0 saturated carbocycles. The molecule has 0 spiro atoms. The summed E-state index contributed by atoms with van der Waals surface area (Å²) in [5, 5.41) is 3.36. The molecule has 4 rings (SSSR count). The first-order valence-electron chi connectivity index (χ1n) is 10.1. The fourth-order valence-electron chi connectivity index (χ4n) is 3.72. The summed E-state index contributed by atoms with van der Waals surface area (Å²) in [5.74, 6) is 0.406. The molecule has 0 aliphatic carbocycles. The lowest BCUT2D eigenvalue weighted by atomic mass is 10.1. The highest BCUT2D eigenvalue weighted by atomic mass is 16.2. The van der Waals surface area contributed by atoms with Gasteiger partial charge in [0.15, 0.2) is 0 Å². The van der Waals surface area contributed by atoms with Crippen molar-refractivity contribution in [2.24, 2.45) is 0 Å². The number of nitrogens with one attached hydrogen (secondary N) is 1. The van der Waals surface area contributed by atoms with E-state index >= 15 is 0 Å². The zero-order valence-electron chi connectivity index (χ0n) is 17.1. The maximum atomic E-state index is 12.8. The molecular formula is C23H24N4O3. The maximum Gasteiger partial charge on any atom is 0.261 e. The average Bonchev–Trinajstić information content (AvgIpc) is 2.99. The van der Waals surface area contributed by atoms with Gasteiger partial charge in [-0.1, -0.05) is 6.42 Å². The van der Waals surface area contributed by atoms with Crippen LogP contribution in [0.1, 0.15) is 45.8 Å². The number of fused-ring (bicyclic) bond motifs is 2. The topological polar surface area (TPSA) is 84.3 Å². The standard InChI is InChI=1S/C23H24N4O3/c1-26(2)22(29)15-7-10-17(11-8-15)24-21(28)16-9-12-18-19(14-16)25-20-6-4-3-5-13-27(20)23(18)30/h7-12,14H,3-6,13H2,1-2H3,(H,24,28). The van der Waals surface area contributed by atoms with Crippen LogP contribution in [0.5, 0.6) is 0 Å². The van der Waals surface area contributed by atoms with Crippen LogP contribution in [-0.4, -0.2) is 40.4 Å². The van der Waals surface area contributed by atoms with Gasteiger partial charge in [-0.25, -0.2) is 4.98 Å². The second-order valence-electron chi connectivity index (χ2n) is 7.76. The molecule has 0 unspecified atom stereocenters. The zero-order chi connectivity index (χ0) is 21.3. The SMILES string of the molecule is CN(C)C(=O)c1ccc(NC(=O)c2ccc3c(=O)n4c(nc3c2)CCCCC4)cc1. The van der Waals surface area contributed by atoms with Gasteiger partial charge in [0.2, 0.25) is 0 Å². The van der Waals surface area contributed by atoms with E-state index in [0.29, 0.717) is 34.3 Å². The number of nitrogens with zero attached hydrogens (tertiary/aromatic N) is 3. The number of anilines is 1. The Morgan fingerprint density at radius 1 is 1.00 bits per heavy atom. The van der Waals surface area contributed by atoms with E-state index in [-0.39, 0.29) is 17.4 Å². The number of carbonyl (C=O) groups is 2. The minimum atomic E-state index is -0.291. The molecular weight excluding hydrogens is 380 g/mol. The second kappa shape index (κ2) is 8.10. The Bertz CT molecular complexity index is 1180. The van der Waals surface area contributed by atoms with Gasteiger partial charge in [-0.05, 0) is 55.3 Å². The number of amides is 2. The lowest BCUT2D eigenvalue weighted by Gasteiger charge is -2.12. The molecule has 1 aromatic heterocycles. The van der Waals surface area contributed by atoms with E-state index in [1.54, 1.807) is 61.1 Å². The van der Waals surface area contributed by atoms with Crippen LogP contribution in [0.15, 0.2) is 47.3 Å². The van der Waals surface area contributed by atoms with Crippen LogP contribution in [0.3, 0.4) is 0 Å². The van der Waals surface area contributed by atoms with Crippen molar-refractivity contribution in [1.29, 1.82) is 0 Å². The highest BCUT2D eigenvalue weighted by Gasteiger charge is 2.16. The van der Waals surface area contributed by atoms with Gasteiger partial charge in [-0.15, -0.1) is 0 Å². The quantitative estimate of drug-likeness (QED) is 0.727. The highest BCUT2D eigenvalue weighted by Crippen LogP contribution is 2.18. The van der Waals surface area contributed by atoms with Crippen molar-refractivity contribution < 1.29 is 9.59 Å². The summed E-state index contributed by atoms with van der Waals surface area (Å²) in [6, 6.07) is 11.7. The molecule has 2 amide bonds. The van der Waals surface area contributed by atoms with E-state index in [0.717, 1.165) is 31.5 Å². The molecule has 0 atom stereocenters. The first-order valence-corrected chi connectivity index (χ1v) is 10.1. The van der Waals surface area contributed by atoms with Crippen molar-refractivity contribution in [2.75, 3.05) is 19.4 Å². The number of benzene rings is 2. The Morgan fingerprint density at radius 3 is 2.47 bits per heavy atom. The predicted molar refractivity (Wildman–Crippen MR) is 116 cm³/mol. The summed E-state index contributed by atoms with van der Waals surface area (Å²) in [7, 11) is 3.38. The van der Waals surface area contributed by atoms with Crippen molar-refractivity contribution in [2.45, 2.75) is 32.2 Å². The largest absolute Gasteiger partial charge is 0.345 e. The Labute approximate surface area is 174 Å². The molecule has 1 aliphatic heterocycles.